The summed E-state index contributed by atoms with van der Waals surface area (Å²) in [4.78, 5) is 9.11. The molecule has 1 aromatic heterocycles. The van der Waals surface area contributed by atoms with Gasteiger partial charge in [-0.15, -0.1) is 0 Å². The second-order valence-corrected chi connectivity index (χ2v) is 8.57. The third-order valence-corrected chi connectivity index (χ3v) is 5.08. The van der Waals surface area contributed by atoms with Crippen LogP contribution in [0.2, 0.25) is 5.02 Å². The van der Waals surface area contributed by atoms with Gasteiger partial charge in [0.25, 0.3) is 0 Å². The van der Waals surface area contributed by atoms with E-state index in [0.29, 0.717) is 27.3 Å². The minimum Gasteiger partial charge on any atom is -0.339 e. The van der Waals surface area contributed by atoms with Crippen LogP contribution in [0.5, 0.6) is 0 Å². The molecule has 28 heavy (non-hydrogen) atoms. The highest BCUT2D eigenvalue weighted by Crippen LogP contribution is 2.32. The molecule has 2 aromatic carbocycles. The number of aromatic nitrogens is 2. The van der Waals surface area contributed by atoms with E-state index in [1.165, 1.54) is 17.3 Å². The summed E-state index contributed by atoms with van der Waals surface area (Å²) in [6.07, 6.45) is 1.91. The highest BCUT2D eigenvalue weighted by molar-refractivity contribution is 7.98. The van der Waals surface area contributed by atoms with E-state index in [-0.39, 0.29) is 5.41 Å². The largest absolute Gasteiger partial charge is 0.339 e. The van der Waals surface area contributed by atoms with Gasteiger partial charge in [-0.1, -0.05) is 74.5 Å². The number of nitrogens with one attached hydrogen (secondary N) is 1. The monoisotopic (exact) mass is 408 g/mol. The highest BCUT2D eigenvalue weighted by atomic mass is 35.5. The Morgan fingerprint density at radius 2 is 1.79 bits per heavy atom. The molecular weight excluding hydrogens is 388 g/mol. The summed E-state index contributed by atoms with van der Waals surface area (Å²) < 4.78 is 0. The van der Waals surface area contributed by atoms with Crippen LogP contribution in [-0.4, -0.2) is 16.2 Å². The number of rotatable bonds is 4. The van der Waals surface area contributed by atoms with Gasteiger partial charge in [0.15, 0.2) is 11.0 Å². The maximum absolute atomic E-state index is 9.84. The third-order valence-electron chi connectivity index (χ3n) is 4.29. The summed E-state index contributed by atoms with van der Waals surface area (Å²) in [6.45, 7) is 6.52. The van der Waals surface area contributed by atoms with Crippen molar-refractivity contribution in [1.29, 1.82) is 5.26 Å². The zero-order chi connectivity index (χ0) is 20.3. The second-order valence-electron chi connectivity index (χ2n) is 7.36. The van der Waals surface area contributed by atoms with Crippen LogP contribution in [0, 0.1) is 11.3 Å². The summed E-state index contributed by atoms with van der Waals surface area (Å²) in [5.41, 5.74) is 3.96. The van der Waals surface area contributed by atoms with Gasteiger partial charge in [-0.2, -0.15) is 5.26 Å². The van der Waals surface area contributed by atoms with Crippen LogP contribution in [0.1, 0.15) is 31.9 Å². The van der Waals surface area contributed by atoms with Gasteiger partial charge in [0.05, 0.1) is 5.69 Å². The first-order valence-corrected chi connectivity index (χ1v) is 10.4. The average molecular weight is 409 g/mol. The number of hydrogen-bond acceptors (Lipinski definition) is 5. The smallest absolute Gasteiger partial charge is 0.189 e. The number of thioether (sulfide) groups is 1. The van der Waals surface area contributed by atoms with E-state index >= 15 is 0 Å². The molecule has 0 unspecified atom stereocenters. The summed E-state index contributed by atoms with van der Waals surface area (Å²) in [6, 6.07) is 17.8. The van der Waals surface area contributed by atoms with Crippen molar-refractivity contribution in [3.8, 4) is 17.3 Å². The Morgan fingerprint density at radius 3 is 2.36 bits per heavy atom. The molecule has 3 aromatic rings. The van der Waals surface area contributed by atoms with E-state index in [9.17, 15) is 5.26 Å². The molecule has 0 fully saturated rings. The van der Waals surface area contributed by atoms with E-state index in [2.05, 4.69) is 54.3 Å². The predicted molar refractivity (Wildman–Crippen MR) is 117 cm³/mol. The van der Waals surface area contributed by atoms with Crippen molar-refractivity contribution in [2.24, 2.45) is 0 Å². The molecule has 0 bridgehead atoms. The minimum absolute atomic E-state index is 0.0615. The molecule has 142 valence electrons. The molecule has 0 atom stereocenters. The lowest BCUT2D eigenvalue weighted by atomic mass is 9.86. The molecule has 0 aliphatic heterocycles. The van der Waals surface area contributed by atoms with Crippen molar-refractivity contribution in [2.75, 3.05) is 11.6 Å². The molecule has 0 saturated carbocycles. The summed E-state index contributed by atoms with van der Waals surface area (Å²) in [5, 5.41) is 14.3. The van der Waals surface area contributed by atoms with E-state index < -0.39 is 0 Å². The lowest BCUT2D eigenvalue weighted by Gasteiger charge is -2.19. The first kappa shape index (κ1) is 20.2. The van der Waals surface area contributed by atoms with Gasteiger partial charge in [-0.25, -0.2) is 9.97 Å². The molecule has 4 nitrogen and oxygen atoms in total. The van der Waals surface area contributed by atoms with Crippen molar-refractivity contribution in [2.45, 2.75) is 31.3 Å². The zero-order valence-electron chi connectivity index (χ0n) is 16.2. The molecule has 3 rings (SSSR count). The molecule has 0 aliphatic carbocycles. The van der Waals surface area contributed by atoms with Gasteiger partial charge in [-0.3, -0.25) is 0 Å². The van der Waals surface area contributed by atoms with Gasteiger partial charge >= 0.3 is 0 Å². The topological polar surface area (TPSA) is 61.6 Å². The van der Waals surface area contributed by atoms with Gasteiger partial charge in [0, 0.05) is 16.3 Å². The fourth-order valence-electron chi connectivity index (χ4n) is 2.77. The van der Waals surface area contributed by atoms with Gasteiger partial charge < -0.3 is 5.32 Å². The number of nitriles is 1. The molecule has 0 aliphatic rings. The van der Waals surface area contributed by atoms with E-state index in [1.807, 2.05) is 30.5 Å². The molecular formula is C22H21ClN4S. The number of halogens is 1. The number of hydrogen-bond donors (Lipinski definition) is 1. The van der Waals surface area contributed by atoms with Gasteiger partial charge in [-0.05, 0) is 35.4 Å². The molecule has 6 heteroatoms. The SMILES string of the molecule is CSc1nc(Nc2cccc(Cl)c2)c(C#N)c(-c2ccc(C(C)(C)C)cc2)n1. The van der Waals surface area contributed by atoms with Crippen molar-refractivity contribution < 1.29 is 0 Å². The minimum atomic E-state index is 0.0615. The molecule has 1 N–H and O–H groups in total. The van der Waals surface area contributed by atoms with Gasteiger partial charge in [0.1, 0.15) is 11.6 Å². The first-order chi connectivity index (χ1) is 13.3. The summed E-state index contributed by atoms with van der Waals surface area (Å²) >= 11 is 7.51. The quantitative estimate of drug-likeness (QED) is 0.398. The van der Waals surface area contributed by atoms with Crippen LogP contribution in [-0.2, 0) is 5.41 Å². The summed E-state index contributed by atoms with van der Waals surface area (Å²) in [7, 11) is 0. The normalized spacial score (nSPS) is 11.1. The Kier molecular flexibility index (Phi) is 5.93. The van der Waals surface area contributed by atoms with Crippen LogP contribution in [0.15, 0.2) is 53.7 Å². The second kappa shape index (κ2) is 8.22. The Morgan fingerprint density at radius 1 is 1.07 bits per heavy atom. The van der Waals surface area contributed by atoms with Crippen molar-refractivity contribution in [1.82, 2.24) is 9.97 Å². The average Bonchev–Trinajstić information content (AvgIpc) is 2.67. The van der Waals surface area contributed by atoms with Crippen LogP contribution < -0.4 is 5.32 Å². The highest BCUT2D eigenvalue weighted by Gasteiger charge is 2.18. The van der Waals surface area contributed by atoms with Crippen LogP contribution in [0.25, 0.3) is 11.3 Å². The lowest BCUT2D eigenvalue weighted by Crippen LogP contribution is -2.10. The van der Waals surface area contributed by atoms with Crippen LogP contribution >= 0.6 is 23.4 Å². The zero-order valence-corrected chi connectivity index (χ0v) is 17.8. The van der Waals surface area contributed by atoms with E-state index in [0.717, 1.165) is 11.3 Å². The first-order valence-electron chi connectivity index (χ1n) is 8.81. The van der Waals surface area contributed by atoms with Crippen LogP contribution in [0.4, 0.5) is 11.5 Å². The predicted octanol–water partition coefficient (Wildman–Crippen LogP) is 6.43. The van der Waals surface area contributed by atoms with Crippen LogP contribution in [0.3, 0.4) is 0 Å². The maximum Gasteiger partial charge on any atom is 0.189 e. The van der Waals surface area contributed by atoms with E-state index in [1.54, 1.807) is 12.1 Å². The molecule has 0 spiro atoms. The van der Waals surface area contributed by atoms with Gasteiger partial charge in [0.2, 0.25) is 0 Å². The van der Waals surface area contributed by atoms with Crippen molar-refractivity contribution in [3.05, 3.63) is 64.7 Å². The van der Waals surface area contributed by atoms with Crippen molar-refractivity contribution in [3.63, 3.8) is 0 Å². The molecule has 0 saturated heterocycles. The number of benzene rings is 2. The standard InChI is InChI=1S/C22H21ClN4S/c1-22(2,3)15-10-8-14(9-11-15)19-18(13-24)20(27-21(26-19)28-4)25-17-7-5-6-16(23)12-17/h5-12H,1-4H3,(H,25,26,27). The number of nitrogens with zero attached hydrogens (tertiary/aromatic N) is 3. The fraction of sp³-hybridized carbons (Fsp3) is 0.227. The maximum atomic E-state index is 9.84. The summed E-state index contributed by atoms with van der Waals surface area (Å²) in [5.74, 6) is 0.471. The number of anilines is 2. The fourth-order valence-corrected chi connectivity index (χ4v) is 3.32. The Hall–Kier alpha value is -2.55. The molecule has 0 amide bonds. The Bertz CT molecular complexity index is 1030. The van der Waals surface area contributed by atoms with E-state index in [4.69, 9.17) is 11.6 Å². The molecule has 1 heterocycles. The van der Waals surface area contributed by atoms with Crippen molar-refractivity contribution >= 4 is 34.9 Å². The Balaban J connectivity index is 2.09. The molecule has 0 radical (unpaired) electrons. The third kappa shape index (κ3) is 4.46. The lowest BCUT2D eigenvalue weighted by molar-refractivity contribution is 0.590. The Labute approximate surface area is 175 Å².